The van der Waals surface area contributed by atoms with E-state index in [1.54, 1.807) is 31.6 Å². The van der Waals surface area contributed by atoms with Crippen LogP contribution in [0, 0.1) is 25.7 Å². The summed E-state index contributed by atoms with van der Waals surface area (Å²) in [5.41, 5.74) is 3.33. The molecule has 4 rings (SSSR count). The van der Waals surface area contributed by atoms with E-state index in [-0.39, 0.29) is 17.7 Å². The van der Waals surface area contributed by atoms with E-state index in [2.05, 4.69) is 32.8 Å². The Balaban J connectivity index is 1.51. The van der Waals surface area contributed by atoms with Crippen molar-refractivity contribution in [1.29, 1.82) is 0 Å². The van der Waals surface area contributed by atoms with E-state index in [1.807, 2.05) is 19.9 Å². The first-order valence-electron chi connectivity index (χ1n) is 11.3. The predicted molar refractivity (Wildman–Crippen MR) is 123 cm³/mol. The second-order valence-corrected chi connectivity index (χ2v) is 8.93. The molecule has 1 unspecified atom stereocenters. The molecule has 1 atom stereocenters. The molecule has 3 aromatic heterocycles. The first kappa shape index (κ1) is 22.7. The third-order valence-electron chi connectivity index (χ3n) is 6.48. The van der Waals surface area contributed by atoms with Gasteiger partial charge in [0.05, 0.1) is 28.8 Å². The summed E-state index contributed by atoms with van der Waals surface area (Å²) in [6.07, 6.45) is 7.07. The number of amides is 2. The van der Waals surface area contributed by atoms with Crippen LogP contribution in [0.15, 0.2) is 35.1 Å². The Bertz CT molecular complexity index is 1110. The largest absolute Gasteiger partial charge is 0.361 e. The van der Waals surface area contributed by atoms with Crippen molar-refractivity contribution >= 4 is 17.5 Å². The number of aryl methyl sites for hydroxylation is 3. The third kappa shape index (κ3) is 4.97. The second kappa shape index (κ2) is 9.56. The summed E-state index contributed by atoms with van der Waals surface area (Å²) in [5.74, 6) is 0.866. The van der Waals surface area contributed by atoms with Crippen LogP contribution in [0.25, 0.3) is 11.3 Å². The molecule has 1 aliphatic rings. The van der Waals surface area contributed by atoms with E-state index in [0.29, 0.717) is 23.1 Å². The number of anilines is 1. The number of pyridine rings is 1. The Hall–Kier alpha value is -3.49. The zero-order valence-electron chi connectivity index (χ0n) is 19.5. The molecule has 3 aromatic rings. The van der Waals surface area contributed by atoms with Gasteiger partial charge in [-0.25, -0.2) is 0 Å². The monoisotopic (exact) mass is 450 g/mol. The van der Waals surface area contributed by atoms with Crippen molar-refractivity contribution in [1.82, 2.24) is 25.2 Å². The minimum absolute atomic E-state index is 0.0768. The van der Waals surface area contributed by atoms with Crippen LogP contribution >= 0.6 is 0 Å². The zero-order chi connectivity index (χ0) is 23.5. The van der Waals surface area contributed by atoms with Gasteiger partial charge >= 0.3 is 0 Å². The van der Waals surface area contributed by atoms with Crippen LogP contribution < -0.4 is 10.6 Å². The molecule has 0 radical (unpaired) electrons. The van der Waals surface area contributed by atoms with Crippen LogP contribution in [0.1, 0.15) is 54.5 Å². The highest BCUT2D eigenvalue weighted by Gasteiger charge is 2.33. The lowest BCUT2D eigenvalue weighted by Crippen LogP contribution is -2.49. The lowest BCUT2D eigenvalue weighted by Gasteiger charge is -2.32. The van der Waals surface area contributed by atoms with Gasteiger partial charge in [-0.05, 0) is 56.7 Å². The van der Waals surface area contributed by atoms with Crippen LogP contribution in [-0.2, 0) is 11.8 Å². The van der Waals surface area contributed by atoms with Crippen LogP contribution in [0.5, 0.6) is 0 Å². The zero-order valence-corrected chi connectivity index (χ0v) is 19.5. The van der Waals surface area contributed by atoms with Crippen molar-refractivity contribution in [2.45, 2.75) is 52.5 Å². The third-order valence-corrected chi connectivity index (χ3v) is 6.48. The summed E-state index contributed by atoms with van der Waals surface area (Å²) >= 11 is 0. The molecule has 9 heteroatoms. The number of hydrogen-bond donors (Lipinski definition) is 2. The highest BCUT2D eigenvalue weighted by atomic mass is 16.5. The van der Waals surface area contributed by atoms with Crippen molar-refractivity contribution in [3.63, 3.8) is 0 Å². The molecule has 0 saturated heterocycles. The van der Waals surface area contributed by atoms with Gasteiger partial charge in [0.2, 0.25) is 5.91 Å². The Morgan fingerprint density at radius 2 is 1.91 bits per heavy atom. The van der Waals surface area contributed by atoms with Gasteiger partial charge in [0.1, 0.15) is 17.5 Å². The van der Waals surface area contributed by atoms with Crippen molar-refractivity contribution in [3.8, 4) is 11.3 Å². The Kier molecular flexibility index (Phi) is 6.57. The molecule has 174 valence electrons. The minimum atomic E-state index is -0.637. The van der Waals surface area contributed by atoms with Crippen molar-refractivity contribution in [3.05, 3.63) is 47.7 Å². The quantitative estimate of drug-likeness (QED) is 0.592. The number of hydrogen-bond acceptors (Lipinski definition) is 6. The van der Waals surface area contributed by atoms with Gasteiger partial charge in [-0.3, -0.25) is 19.3 Å². The summed E-state index contributed by atoms with van der Waals surface area (Å²) in [7, 11) is 1.71. The van der Waals surface area contributed by atoms with Gasteiger partial charge < -0.3 is 15.2 Å². The molecule has 3 heterocycles. The molecule has 2 N–H and O–H groups in total. The number of rotatable bonds is 6. The number of nitrogens with one attached hydrogen (secondary N) is 2. The normalized spacial score (nSPS) is 19.2. The number of aromatic nitrogens is 4. The number of carbonyl (C=O) groups is 2. The average Bonchev–Trinajstić information content (AvgIpc) is 3.38. The summed E-state index contributed by atoms with van der Waals surface area (Å²) in [6, 6.07) is 4.63. The Labute approximate surface area is 192 Å². The maximum Gasteiger partial charge on any atom is 0.270 e. The maximum absolute atomic E-state index is 13.3. The summed E-state index contributed by atoms with van der Waals surface area (Å²) in [6.45, 7) is 5.93. The van der Waals surface area contributed by atoms with Gasteiger partial charge in [0.25, 0.3) is 5.91 Å². The van der Waals surface area contributed by atoms with Gasteiger partial charge in [0.15, 0.2) is 0 Å². The summed E-state index contributed by atoms with van der Waals surface area (Å²) in [4.78, 5) is 30.6. The standard InChI is InChI=1S/C24H30N6O3/c1-14-5-7-17(8-6-14)22(28-23(31)20-11-12-26-30(20)4)24(32)27-18-9-10-19(25-13-18)21-15(2)29-33-16(21)3/h9-14,17,22H,5-8H2,1-4H3,(H,27,32)(H,28,31). The molecular weight excluding hydrogens is 420 g/mol. The van der Waals surface area contributed by atoms with Gasteiger partial charge in [-0.15, -0.1) is 0 Å². The lowest BCUT2D eigenvalue weighted by atomic mass is 9.79. The topological polar surface area (TPSA) is 115 Å². The second-order valence-electron chi connectivity index (χ2n) is 8.93. The fourth-order valence-electron chi connectivity index (χ4n) is 4.51. The molecule has 1 fully saturated rings. The van der Waals surface area contributed by atoms with E-state index in [1.165, 1.54) is 4.68 Å². The molecular formula is C24H30N6O3. The predicted octanol–water partition coefficient (Wildman–Crippen LogP) is 3.65. The van der Waals surface area contributed by atoms with E-state index >= 15 is 0 Å². The van der Waals surface area contributed by atoms with Crippen molar-refractivity contribution in [2.75, 3.05) is 5.32 Å². The highest BCUT2D eigenvalue weighted by molar-refractivity contribution is 6.00. The smallest absolute Gasteiger partial charge is 0.270 e. The molecule has 1 saturated carbocycles. The molecule has 0 aromatic carbocycles. The van der Waals surface area contributed by atoms with E-state index in [9.17, 15) is 9.59 Å². The van der Waals surface area contributed by atoms with Crippen molar-refractivity contribution < 1.29 is 14.1 Å². The van der Waals surface area contributed by atoms with Crippen LogP contribution in [0.2, 0.25) is 0 Å². The molecule has 33 heavy (non-hydrogen) atoms. The fraction of sp³-hybridized carbons (Fsp3) is 0.458. The van der Waals surface area contributed by atoms with Crippen LogP contribution in [-0.4, -0.2) is 37.8 Å². The summed E-state index contributed by atoms with van der Waals surface area (Å²) < 4.78 is 6.73. The molecule has 0 bridgehead atoms. The first-order valence-corrected chi connectivity index (χ1v) is 11.3. The molecule has 2 amide bonds. The van der Waals surface area contributed by atoms with Gasteiger partial charge in [-0.2, -0.15) is 5.10 Å². The average molecular weight is 451 g/mol. The SMILES string of the molecule is Cc1noc(C)c1-c1ccc(NC(=O)C(NC(=O)c2ccnn2C)C2CCC(C)CC2)cn1. The van der Waals surface area contributed by atoms with Crippen molar-refractivity contribution in [2.24, 2.45) is 18.9 Å². The lowest BCUT2D eigenvalue weighted by molar-refractivity contribution is -0.119. The first-order chi connectivity index (χ1) is 15.8. The minimum Gasteiger partial charge on any atom is -0.361 e. The van der Waals surface area contributed by atoms with Crippen LogP contribution in [0.4, 0.5) is 5.69 Å². The molecule has 9 nitrogen and oxygen atoms in total. The van der Waals surface area contributed by atoms with Crippen LogP contribution in [0.3, 0.4) is 0 Å². The van der Waals surface area contributed by atoms with E-state index < -0.39 is 6.04 Å². The van der Waals surface area contributed by atoms with E-state index in [0.717, 1.165) is 42.6 Å². The molecule has 1 aliphatic carbocycles. The number of nitrogens with zero attached hydrogens (tertiary/aromatic N) is 4. The summed E-state index contributed by atoms with van der Waals surface area (Å²) in [5, 5.41) is 13.9. The molecule has 0 spiro atoms. The Morgan fingerprint density at radius 3 is 2.48 bits per heavy atom. The van der Waals surface area contributed by atoms with Gasteiger partial charge in [-0.1, -0.05) is 24.9 Å². The number of carbonyl (C=O) groups excluding carboxylic acids is 2. The molecule has 0 aliphatic heterocycles. The Morgan fingerprint density at radius 1 is 1.15 bits per heavy atom. The maximum atomic E-state index is 13.3. The van der Waals surface area contributed by atoms with E-state index in [4.69, 9.17) is 4.52 Å². The fourth-order valence-corrected chi connectivity index (χ4v) is 4.51. The van der Waals surface area contributed by atoms with Gasteiger partial charge in [0, 0.05) is 13.2 Å². The highest BCUT2D eigenvalue weighted by Crippen LogP contribution is 2.31.